The largest absolute Gasteiger partial charge is 0.477 e. The Bertz CT molecular complexity index is 740. The van der Waals surface area contributed by atoms with Crippen LogP contribution in [0.4, 0.5) is 5.95 Å². The molecule has 0 atom stereocenters. The maximum absolute atomic E-state index is 11.4. The van der Waals surface area contributed by atoms with Crippen molar-refractivity contribution in [2.75, 3.05) is 31.2 Å². The molecule has 7 heteroatoms. The number of nitrogens with zero attached hydrogens (tertiary/aromatic N) is 3. The lowest BCUT2D eigenvalue weighted by Gasteiger charge is -2.26. The molecule has 0 amide bonds. The maximum Gasteiger partial charge on any atom is 0.342 e. The van der Waals surface area contributed by atoms with Gasteiger partial charge >= 0.3 is 5.97 Å². The summed E-state index contributed by atoms with van der Waals surface area (Å²) in [4.78, 5) is 21.9. The highest BCUT2D eigenvalue weighted by Crippen LogP contribution is 2.27. The van der Waals surface area contributed by atoms with Crippen LogP contribution >= 0.6 is 0 Å². The van der Waals surface area contributed by atoms with Crippen LogP contribution in [0, 0.1) is 0 Å². The van der Waals surface area contributed by atoms with E-state index in [1.807, 2.05) is 29.2 Å². The number of aromatic nitrogens is 2. The molecule has 25 heavy (non-hydrogen) atoms. The fourth-order valence-electron chi connectivity index (χ4n) is 2.53. The van der Waals surface area contributed by atoms with Crippen molar-refractivity contribution in [3.63, 3.8) is 0 Å². The van der Waals surface area contributed by atoms with E-state index in [9.17, 15) is 9.90 Å². The highest BCUT2D eigenvalue weighted by molar-refractivity contribution is 5.90. The molecular weight excluding hydrogens is 322 g/mol. The lowest BCUT2D eigenvalue weighted by molar-refractivity contribution is 0.0692. The summed E-state index contributed by atoms with van der Waals surface area (Å²) in [6.45, 7) is 6.73. The van der Waals surface area contributed by atoms with Crippen molar-refractivity contribution in [1.29, 1.82) is 0 Å². The number of ether oxygens (including phenoxy) is 2. The third-order valence-corrected chi connectivity index (χ3v) is 4.03. The molecule has 2 aromatic rings. The molecule has 0 aliphatic carbocycles. The second-order valence-electron chi connectivity index (χ2n) is 6.12. The summed E-state index contributed by atoms with van der Waals surface area (Å²) in [7, 11) is 0. The molecule has 7 nitrogen and oxygen atoms in total. The third kappa shape index (κ3) is 4.06. The number of hydrogen-bond acceptors (Lipinski definition) is 6. The van der Waals surface area contributed by atoms with E-state index in [1.165, 1.54) is 11.8 Å². The molecule has 1 aromatic heterocycles. The Labute approximate surface area is 146 Å². The van der Waals surface area contributed by atoms with E-state index in [2.05, 4.69) is 23.8 Å². The standard InChI is InChI=1S/C18H21N3O4/c1-12(2)13-3-5-14(6-4-13)25-16-15(17(22)23)11-19-18(20-16)21-7-9-24-10-8-21/h3-6,11-12H,7-10H2,1-2H3,(H,22,23). The van der Waals surface area contributed by atoms with Crippen molar-refractivity contribution in [3.8, 4) is 11.6 Å². The maximum atomic E-state index is 11.4. The van der Waals surface area contributed by atoms with Gasteiger partial charge in [0.15, 0.2) is 0 Å². The first-order valence-electron chi connectivity index (χ1n) is 8.25. The van der Waals surface area contributed by atoms with Gasteiger partial charge in [0, 0.05) is 13.1 Å². The minimum atomic E-state index is -1.12. The first-order chi connectivity index (χ1) is 12.0. The molecule has 3 rings (SSSR count). The molecule has 0 saturated carbocycles. The van der Waals surface area contributed by atoms with Crippen LogP contribution < -0.4 is 9.64 Å². The summed E-state index contributed by atoms with van der Waals surface area (Å²) in [6.07, 6.45) is 1.29. The van der Waals surface area contributed by atoms with Crippen LogP contribution in [0.15, 0.2) is 30.5 Å². The Balaban J connectivity index is 1.87. The quantitative estimate of drug-likeness (QED) is 0.893. The summed E-state index contributed by atoms with van der Waals surface area (Å²) in [5.74, 6) is 0.319. The van der Waals surface area contributed by atoms with Gasteiger partial charge < -0.3 is 19.5 Å². The molecule has 1 fully saturated rings. The Kier molecular flexibility index (Phi) is 5.14. The van der Waals surface area contributed by atoms with E-state index in [-0.39, 0.29) is 11.4 Å². The normalized spacial score (nSPS) is 14.6. The number of carboxylic acid groups (broad SMARTS) is 1. The van der Waals surface area contributed by atoms with Gasteiger partial charge in [0.05, 0.1) is 19.4 Å². The predicted molar refractivity (Wildman–Crippen MR) is 92.6 cm³/mol. The van der Waals surface area contributed by atoms with E-state index in [0.717, 1.165) is 0 Å². The van der Waals surface area contributed by atoms with Gasteiger partial charge in [0.25, 0.3) is 0 Å². The zero-order valence-corrected chi connectivity index (χ0v) is 14.3. The zero-order valence-electron chi connectivity index (χ0n) is 14.3. The Morgan fingerprint density at radius 2 is 1.92 bits per heavy atom. The second-order valence-corrected chi connectivity index (χ2v) is 6.12. The van der Waals surface area contributed by atoms with Gasteiger partial charge in [-0.1, -0.05) is 26.0 Å². The average molecular weight is 343 g/mol. The van der Waals surface area contributed by atoms with E-state index in [0.29, 0.717) is 43.9 Å². The van der Waals surface area contributed by atoms with Crippen molar-refractivity contribution < 1.29 is 19.4 Å². The van der Waals surface area contributed by atoms with Crippen LogP contribution in [-0.2, 0) is 4.74 Å². The number of carboxylic acids is 1. The first kappa shape index (κ1) is 17.2. The number of aromatic carboxylic acids is 1. The molecule has 1 N–H and O–H groups in total. The van der Waals surface area contributed by atoms with Crippen molar-refractivity contribution in [1.82, 2.24) is 9.97 Å². The van der Waals surface area contributed by atoms with Gasteiger partial charge in [-0.15, -0.1) is 0 Å². The number of hydrogen-bond donors (Lipinski definition) is 1. The van der Waals surface area contributed by atoms with E-state index in [1.54, 1.807) is 0 Å². The second kappa shape index (κ2) is 7.48. The number of anilines is 1. The number of morpholine rings is 1. The SMILES string of the molecule is CC(C)c1ccc(Oc2nc(N3CCOCC3)ncc2C(=O)O)cc1. The lowest BCUT2D eigenvalue weighted by atomic mass is 10.0. The number of benzene rings is 1. The highest BCUT2D eigenvalue weighted by Gasteiger charge is 2.20. The molecule has 0 spiro atoms. The lowest BCUT2D eigenvalue weighted by Crippen LogP contribution is -2.37. The van der Waals surface area contributed by atoms with E-state index < -0.39 is 5.97 Å². The first-order valence-corrected chi connectivity index (χ1v) is 8.25. The van der Waals surface area contributed by atoms with Crippen LogP contribution in [0.1, 0.15) is 35.7 Å². The smallest absolute Gasteiger partial charge is 0.342 e. The molecule has 1 aromatic carbocycles. The summed E-state index contributed by atoms with van der Waals surface area (Å²) in [5.41, 5.74) is 1.12. The average Bonchev–Trinajstić information content (AvgIpc) is 2.62. The van der Waals surface area contributed by atoms with Crippen LogP contribution in [0.2, 0.25) is 0 Å². The highest BCUT2D eigenvalue weighted by atomic mass is 16.5. The van der Waals surface area contributed by atoms with Gasteiger partial charge in [0.2, 0.25) is 11.8 Å². The Morgan fingerprint density at radius 1 is 1.24 bits per heavy atom. The van der Waals surface area contributed by atoms with E-state index >= 15 is 0 Å². The molecule has 1 saturated heterocycles. The number of rotatable bonds is 5. The molecule has 132 valence electrons. The minimum absolute atomic E-state index is 0.0429. The van der Waals surface area contributed by atoms with Crippen LogP contribution in [-0.4, -0.2) is 47.3 Å². The molecular formula is C18H21N3O4. The monoisotopic (exact) mass is 343 g/mol. The van der Waals surface area contributed by atoms with Gasteiger partial charge in [-0.05, 0) is 23.6 Å². The summed E-state index contributed by atoms with van der Waals surface area (Å²) in [5, 5.41) is 9.37. The van der Waals surface area contributed by atoms with Gasteiger partial charge in [0.1, 0.15) is 11.3 Å². The van der Waals surface area contributed by atoms with Gasteiger partial charge in [-0.25, -0.2) is 9.78 Å². The van der Waals surface area contributed by atoms with Crippen molar-refractivity contribution in [2.45, 2.75) is 19.8 Å². The Hall–Kier alpha value is -2.67. The molecule has 0 unspecified atom stereocenters. The zero-order chi connectivity index (χ0) is 17.8. The fraction of sp³-hybridized carbons (Fsp3) is 0.389. The topological polar surface area (TPSA) is 84.8 Å². The van der Waals surface area contributed by atoms with Crippen molar-refractivity contribution >= 4 is 11.9 Å². The number of carbonyl (C=O) groups is 1. The summed E-state index contributed by atoms with van der Waals surface area (Å²) in [6, 6.07) is 7.56. The van der Waals surface area contributed by atoms with Crippen LogP contribution in [0.5, 0.6) is 11.6 Å². The minimum Gasteiger partial charge on any atom is -0.477 e. The Morgan fingerprint density at radius 3 is 2.52 bits per heavy atom. The molecule has 1 aliphatic rings. The molecule has 0 bridgehead atoms. The van der Waals surface area contributed by atoms with Gasteiger partial charge in [-0.2, -0.15) is 4.98 Å². The van der Waals surface area contributed by atoms with Gasteiger partial charge in [-0.3, -0.25) is 0 Å². The van der Waals surface area contributed by atoms with E-state index in [4.69, 9.17) is 9.47 Å². The molecule has 1 aliphatic heterocycles. The fourth-order valence-corrected chi connectivity index (χ4v) is 2.53. The summed E-state index contributed by atoms with van der Waals surface area (Å²) >= 11 is 0. The molecule has 0 radical (unpaired) electrons. The van der Waals surface area contributed by atoms with Crippen molar-refractivity contribution in [3.05, 3.63) is 41.6 Å². The molecule has 2 heterocycles. The predicted octanol–water partition coefficient (Wildman–Crippen LogP) is 2.93. The van der Waals surface area contributed by atoms with Crippen LogP contribution in [0.25, 0.3) is 0 Å². The third-order valence-electron chi connectivity index (χ3n) is 4.03. The van der Waals surface area contributed by atoms with Crippen LogP contribution in [0.3, 0.4) is 0 Å². The van der Waals surface area contributed by atoms with Crippen molar-refractivity contribution in [2.24, 2.45) is 0 Å². The summed E-state index contributed by atoms with van der Waals surface area (Å²) < 4.78 is 11.1.